The molecular formula is C14H8F6IO7P. The zero-order chi connectivity index (χ0) is 21.8. The van der Waals surface area contributed by atoms with Crippen LogP contribution in [-0.4, -0.2) is 13.7 Å². The quantitative estimate of drug-likeness (QED) is 0.194. The van der Waals surface area contributed by atoms with Crippen molar-refractivity contribution in [3.8, 4) is 23.0 Å². The fourth-order valence-corrected chi connectivity index (χ4v) is 3.82. The summed E-state index contributed by atoms with van der Waals surface area (Å²) in [7, 11) is -3.79. The molecule has 0 amide bonds. The van der Waals surface area contributed by atoms with Gasteiger partial charge in [0.15, 0.2) is 0 Å². The molecule has 2 aromatic rings. The van der Waals surface area contributed by atoms with Gasteiger partial charge in [-0.2, -0.15) is 26.3 Å². The molecule has 7 nitrogen and oxygen atoms in total. The Morgan fingerprint density at radius 3 is 1.83 bits per heavy atom. The average molecular weight is 560 g/mol. The van der Waals surface area contributed by atoms with Crippen molar-refractivity contribution in [3.05, 3.63) is 47.5 Å². The second-order valence-electron chi connectivity index (χ2n) is 4.73. The number of benzene rings is 2. The molecule has 29 heavy (non-hydrogen) atoms. The zero-order valence-electron chi connectivity index (χ0n) is 13.8. The van der Waals surface area contributed by atoms with Crippen molar-refractivity contribution < 1.29 is 77.8 Å². The molecule has 0 saturated heterocycles. The van der Waals surface area contributed by atoms with E-state index in [1.54, 1.807) is 0 Å². The van der Waals surface area contributed by atoms with Crippen molar-refractivity contribution in [2.24, 2.45) is 0 Å². The van der Waals surface area contributed by atoms with E-state index in [9.17, 15) is 34.3 Å². The SMILES string of the molecule is COc1ccc(OP(=O)(O[I+][O-])Oc2c(F)c(F)c(OC(F)F)c(F)c2F)cc1. The van der Waals surface area contributed by atoms with Gasteiger partial charge in [-0.25, -0.2) is 4.57 Å². The third-order valence-electron chi connectivity index (χ3n) is 2.98. The van der Waals surface area contributed by atoms with Crippen LogP contribution in [0.1, 0.15) is 0 Å². The van der Waals surface area contributed by atoms with E-state index < -0.39 is 71.2 Å². The van der Waals surface area contributed by atoms with E-state index in [1.165, 1.54) is 19.2 Å². The Labute approximate surface area is 170 Å². The van der Waals surface area contributed by atoms with Gasteiger partial charge in [0.2, 0.25) is 34.8 Å². The van der Waals surface area contributed by atoms with Gasteiger partial charge < -0.3 is 22.0 Å². The first-order valence-corrected chi connectivity index (χ1v) is 10.2. The minimum Gasteiger partial charge on any atom is -0.566 e. The van der Waals surface area contributed by atoms with Gasteiger partial charge in [0.05, 0.1) is 7.11 Å². The van der Waals surface area contributed by atoms with Crippen LogP contribution < -0.4 is 44.0 Å². The third kappa shape index (κ3) is 5.58. The molecular weight excluding hydrogens is 552 g/mol. The molecule has 0 radical (unpaired) electrons. The fraction of sp³-hybridized carbons (Fsp3) is 0.143. The van der Waals surface area contributed by atoms with Crippen LogP contribution >= 0.6 is 7.82 Å². The predicted octanol–water partition coefficient (Wildman–Crippen LogP) is 0.715. The number of hydrogen-bond donors (Lipinski definition) is 0. The molecule has 0 aliphatic heterocycles. The molecule has 0 aliphatic rings. The van der Waals surface area contributed by atoms with Gasteiger partial charge >= 0.3 is 36.5 Å². The summed E-state index contributed by atoms with van der Waals surface area (Å²) in [6.45, 7) is -3.80. The predicted molar refractivity (Wildman–Crippen MR) is 75.8 cm³/mol. The molecule has 0 heterocycles. The molecule has 160 valence electrons. The van der Waals surface area contributed by atoms with E-state index in [2.05, 4.69) is 12.1 Å². The van der Waals surface area contributed by atoms with Crippen LogP contribution in [0.2, 0.25) is 0 Å². The Balaban J connectivity index is 2.42. The molecule has 2 rings (SSSR count). The van der Waals surface area contributed by atoms with Gasteiger partial charge in [-0.3, -0.25) is 0 Å². The summed E-state index contributed by atoms with van der Waals surface area (Å²) in [4.78, 5) is 0. The summed E-state index contributed by atoms with van der Waals surface area (Å²) in [6, 6.07) is 4.91. The maximum absolute atomic E-state index is 14.0. The molecule has 0 saturated carbocycles. The van der Waals surface area contributed by atoms with E-state index in [0.29, 0.717) is 5.75 Å². The maximum Gasteiger partial charge on any atom is 0.632 e. The number of hydrogen-bond acceptors (Lipinski definition) is 7. The van der Waals surface area contributed by atoms with Crippen molar-refractivity contribution in [3.63, 3.8) is 0 Å². The van der Waals surface area contributed by atoms with Crippen molar-refractivity contribution in [1.29, 1.82) is 0 Å². The smallest absolute Gasteiger partial charge is 0.566 e. The van der Waals surface area contributed by atoms with Gasteiger partial charge in [0.25, 0.3) is 0 Å². The monoisotopic (exact) mass is 560 g/mol. The summed E-state index contributed by atoms with van der Waals surface area (Å²) in [5.74, 6) is -13.5. The Morgan fingerprint density at radius 2 is 1.38 bits per heavy atom. The molecule has 1 atom stereocenters. The largest absolute Gasteiger partial charge is 0.632 e. The molecule has 0 spiro atoms. The van der Waals surface area contributed by atoms with Crippen LogP contribution in [0.5, 0.6) is 23.0 Å². The van der Waals surface area contributed by atoms with E-state index in [-0.39, 0.29) is 5.75 Å². The Bertz CT molecular complexity index is 885. The first-order valence-electron chi connectivity index (χ1n) is 7.01. The highest BCUT2D eigenvalue weighted by atomic mass is 127. The molecule has 2 aromatic carbocycles. The molecule has 0 bridgehead atoms. The summed E-state index contributed by atoms with van der Waals surface area (Å²) >= 11 is -2.59. The van der Waals surface area contributed by atoms with E-state index in [1.807, 2.05) is 0 Å². The maximum atomic E-state index is 14.0. The second-order valence-corrected chi connectivity index (χ2v) is 7.67. The minimum absolute atomic E-state index is 0.286. The topological polar surface area (TPSA) is 86.3 Å². The van der Waals surface area contributed by atoms with Crippen LogP contribution in [-0.2, 0) is 7.42 Å². The Kier molecular flexibility index (Phi) is 7.85. The summed E-state index contributed by atoms with van der Waals surface area (Å²) < 4.78 is 125. The minimum atomic E-state index is -5.13. The first kappa shape index (κ1) is 23.4. The van der Waals surface area contributed by atoms with Crippen LogP contribution in [0.25, 0.3) is 0 Å². The lowest BCUT2D eigenvalue weighted by molar-refractivity contribution is -1.25. The number of alkyl halides is 2. The van der Waals surface area contributed by atoms with Crippen LogP contribution in [0.3, 0.4) is 0 Å². The number of methoxy groups -OCH3 is 1. The number of phosphoric ester groups is 1. The van der Waals surface area contributed by atoms with E-state index in [0.717, 1.165) is 12.1 Å². The average Bonchev–Trinajstić information content (AvgIpc) is 2.68. The van der Waals surface area contributed by atoms with Crippen LogP contribution in [0, 0.1) is 23.3 Å². The highest BCUT2D eigenvalue weighted by Gasteiger charge is 2.41. The molecule has 0 fully saturated rings. The zero-order valence-corrected chi connectivity index (χ0v) is 16.9. The standard InChI is InChI=1S/C14H8F6IO7P/c1-24-6-2-4-7(5-3-6)26-29(23,28-21-22)27-13-10(17)8(15)12(25-14(19)20)9(16)11(13)18/h2-5,14H,1H3. The van der Waals surface area contributed by atoms with Gasteiger partial charge in [-0.1, -0.05) is 0 Å². The fourth-order valence-electron chi connectivity index (χ4n) is 1.82. The van der Waals surface area contributed by atoms with E-state index in [4.69, 9.17) is 9.26 Å². The number of rotatable bonds is 9. The molecule has 0 aromatic heterocycles. The van der Waals surface area contributed by atoms with Gasteiger partial charge in [0, 0.05) is 0 Å². The first-order chi connectivity index (χ1) is 13.6. The van der Waals surface area contributed by atoms with Crippen molar-refractivity contribution in [2.75, 3.05) is 7.11 Å². The molecule has 0 N–H and O–H groups in total. The van der Waals surface area contributed by atoms with Gasteiger partial charge in [-0.15, -0.1) is 0 Å². The summed E-state index contributed by atoms with van der Waals surface area (Å²) in [5, 5.41) is 0. The van der Waals surface area contributed by atoms with Crippen molar-refractivity contribution >= 4 is 7.82 Å². The molecule has 15 heteroatoms. The van der Waals surface area contributed by atoms with Crippen molar-refractivity contribution in [2.45, 2.75) is 6.61 Å². The number of halogens is 7. The normalized spacial score (nSPS) is 13.1. The summed E-state index contributed by atoms with van der Waals surface area (Å²) in [5.41, 5.74) is 0. The molecule has 1 unspecified atom stereocenters. The van der Waals surface area contributed by atoms with Crippen molar-refractivity contribution in [1.82, 2.24) is 0 Å². The van der Waals surface area contributed by atoms with Gasteiger partial charge in [0.1, 0.15) is 11.5 Å². The van der Waals surface area contributed by atoms with Crippen LogP contribution in [0.15, 0.2) is 24.3 Å². The lowest BCUT2D eigenvalue weighted by atomic mass is 10.2. The van der Waals surface area contributed by atoms with Crippen LogP contribution in [0.4, 0.5) is 26.3 Å². The highest BCUT2D eigenvalue weighted by Crippen LogP contribution is 2.50. The second kappa shape index (κ2) is 9.73. The number of ether oxygens (including phenoxy) is 2. The number of phosphoric acid groups is 1. The Morgan fingerprint density at radius 1 is 0.897 bits per heavy atom. The lowest BCUT2D eigenvalue weighted by Crippen LogP contribution is -3.69. The van der Waals surface area contributed by atoms with Gasteiger partial charge in [-0.05, 0) is 27.1 Å². The highest BCUT2D eigenvalue weighted by molar-refractivity contribution is 7.49. The summed E-state index contributed by atoms with van der Waals surface area (Å²) in [6.07, 6.45) is 0. The van der Waals surface area contributed by atoms with E-state index >= 15 is 0 Å². The molecule has 0 aliphatic carbocycles. The lowest BCUT2D eigenvalue weighted by Gasteiger charge is -2.17. The third-order valence-corrected chi connectivity index (χ3v) is 5.98. The Hall–Kier alpha value is -1.90.